The number of likely N-dealkylation sites (N-methyl/N-ethyl adjacent to an activating group) is 2. The molecule has 116 valence electrons. The zero-order valence-electron chi connectivity index (χ0n) is 13.9. The van der Waals surface area contributed by atoms with Crippen LogP contribution in [-0.4, -0.2) is 62.2 Å². The number of nitriles is 1. The van der Waals surface area contributed by atoms with Gasteiger partial charge in [0.15, 0.2) is 0 Å². The highest BCUT2D eigenvalue weighted by molar-refractivity contribution is 5.14. The van der Waals surface area contributed by atoms with E-state index >= 15 is 0 Å². The van der Waals surface area contributed by atoms with Gasteiger partial charge in [-0.2, -0.15) is 5.26 Å². The van der Waals surface area contributed by atoms with Gasteiger partial charge in [-0.1, -0.05) is 6.42 Å². The summed E-state index contributed by atoms with van der Waals surface area (Å²) in [6.45, 7) is 7.54. The van der Waals surface area contributed by atoms with Crippen molar-refractivity contribution in [2.75, 3.05) is 40.8 Å². The summed E-state index contributed by atoms with van der Waals surface area (Å²) in [5, 5.41) is 13.2. The minimum absolute atomic E-state index is 0.281. The van der Waals surface area contributed by atoms with Gasteiger partial charge in [-0.3, -0.25) is 5.32 Å². The first-order valence-corrected chi connectivity index (χ1v) is 7.92. The molecular formula is C16H32N4. The maximum absolute atomic E-state index is 9.64. The fraction of sp³-hybridized carbons (Fsp3) is 0.938. The molecule has 0 aromatic carbocycles. The molecule has 0 bridgehead atoms. The fourth-order valence-corrected chi connectivity index (χ4v) is 3.21. The van der Waals surface area contributed by atoms with Gasteiger partial charge in [-0.05, 0) is 66.7 Å². The van der Waals surface area contributed by atoms with Gasteiger partial charge in [0.2, 0.25) is 0 Å². The molecule has 1 aliphatic rings. The standard InChI is InChI=1S/C16H32N4/c1-14(2)18-16(13-17)9-6-7-15(16)8-10-20(5)12-11-19(3)4/h14-15,18H,6-12H2,1-5H3. The van der Waals surface area contributed by atoms with E-state index in [2.05, 4.69) is 56.2 Å². The van der Waals surface area contributed by atoms with Crippen molar-refractivity contribution in [1.82, 2.24) is 15.1 Å². The molecule has 1 rings (SSSR count). The minimum Gasteiger partial charge on any atom is -0.308 e. The SMILES string of the molecule is CC(C)NC1(C#N)CCCC1CCN(C)CCN(C)C. The Labute approximate surface area is 125 Å². The van der Waals surface area contributed by atoms with Gasteiger partial charge >= 0.3 is 0 Å². The lowest BCUT2D eigenvalue weighted by Crippen LogP contribution is -2.50. The summed E-state index contributed by atoms with van der Waals surface area (Å²) in [5.41, 5.74) is -0.281. The van der Waals surface area contributed by atoms with Crippen LogP contribution in [-0.2, 0) is 0 Å². The lowest BCUT2D eigenvalue weighted by atomic mass is 9.85. The Hall–Kier alpha value is -0.630. The monoisotopic (exact) mass is 280 g/mol. The van der Waals surface area contributed by atoms with E-state index in [4.69, 9.17) is 0 Å². The van der Waals surface area contributed by atoms with E-state index in [1.165, 1.54) is 12.8 Å². The van der Waals surface area contributed by atoms with Crippen LogP contribution in [0.25, 0.3) is 0 Å². The van der Waals surface area contributed by atoms with Crippen LogP contribution in [0.4, 0.5) is 0 Å². The van der Waals surface area contributed by atoms with Crippen molar-refractivity contribution in [3.05, 3.63) is 0 Å². The first-order chi connectivity index (χ1) is 9.39. The molecule has 1 aliphatic carbocycles. The van der Waals surface area contributed by atoms with Crippen molar-refractivity contribution in [3.63, 3.8) is 0 Å². The zero-order chi connectivity index (χ0) is 15.2. The normalized spacial score (nSPS) is 26.6. The van der Waals surface area contributed by atoms with Crippen molar-refractivity contribution < 1.29 is 0 Å². The van der Waals surface area contributed by atoms with Crippen LogP contribution in [0, 0.1) is 17.2 Å². The second-order valence-electron chi connectivity index (χ2n) is 6.87. The number of hydrogen-bond donors (Lipinski definition) is 1. The Morgan fingerprint density at radius 1 is 1.25 bits per heavy atom. The van der Waals surface area contributed by atoms with Crippen LogP contribution in [0.15, 0.2) is 0 Å². The van der Waals surface area contributed by atoms with Crippen molar-refractivity contribution in [1.29, 1.82) is 5.26 Å². The summed E-state index contributed by atoms with van der Waals surface area (Å²) < 4.78 is 0. The molecule has 0 spiro atoms. The minimum atomic E-state index is -0.281. The van der Waals surface area contributed by atoms with Crippen LogP contribution >= 0.6 is 0 Å². The molecule has 1 fully saturated rings. The average Bonchev–Trinajstić information content (AvgIpc) is 2.76. The molecule has 4 heteroatoms. The molecule has 20 heavy (non-hydrogen) atoms. The Balaban J connectivity index is 2.47. The molecule has 0 aromatic heterocycles. The Bertz CT molecular complexity index is 321. The quantitative estimate of drug-likeness (QED) is 0.738. The van der Waals surface area contributed by atoms with E-state index in [1.54, 1.807) is 0 Å². The highest BCUT2D eigenvalue weighted by Crippen LogP contribution is 2.38. The van der Waals surface area contributed by atoms with E-state index in [0.717, 1.165) is 32.5 Å². The molecule has 1 saturated carbocycles. The molecule has 0 heterocycles. The largest absolute Gasteiger partial charge is 0.308 e. The average molecular weight is 280 g/mol. The van der Waals surface area contributed by atoms with E-state index < -0.39 is 0 Å². The van der Waals surface area contributed by atoms with Crippen molar-refractivity contribution >= 4 is 0 Å². The van der Waals surface area contributed by atoms with Gasteiger partial charge in [-0.15, -0.1) is 0 Å². The molecule has 4 nitrogen and oxygen atoms in total. The van der Waals surface area contributed by atoms with Crippen LogP contribution in [0.5, 0.6) is 0 Å². The molecule has 2 unspecified atom stereocenters. The second-order valence-corrected chi connectivity index (χ2v) is 6.87. The van der Waals surface area contributed by atoms with Crippen molar-refractivity contribution in [2.24, 2.45) is 5.92 Å². The van der Waals surface area contributed by atoms with Crippen LogP contribution in [0.2, 0.25) is 0 Å². The summed E-state index contributed by atoms with van der Waals surface area (Å²) >= 11 is 0. The highest BCUT2D eigenvalue weighted by atomic mass is 15.1. The molecule has 0 saturated heterocycles. The van der Waals surface area contributed by atoms with E-state index in [-0.39, 0.29) is 5.54 Å². The maximum Gasteiger partial charge on any atom is 0.109 e. The molecule has 2 atom stereocenters. The molecule has 0 aliphatic heterocycles. The predicted molar refractivity (Wildman–Crippen MR) is 84.6 cm³/mol. The third-order valence-electron chi connectivity index (χ3n) is 4.35. The van der Waals surface area contributed by atoms with E-state index in [0.29, 0.717) is 12.0 Å². The molecule has 0 aromatic rings. The van der Waals surface area contributed by atoms with Crippen LogP contribution < -0.4 is 5.32 Å². The summed E-state index contributed by atoms with van der Waals surface area (Å²) in [6, 6.07) is 2.97. The smallest absolute Gasteiger partial charge is 0.109 e. The predicted octanol–water partition coefficient (Wildman–Crippen LogP) is 1.93. The fourth-order valence-electron chi connectivity index (χ4n) is 3.21. The third-order valence-corrected chi connectivity index (χ3v) is 4.35. The zero-order valence-corrected chi connectivity index (χ0v) is 13.9. The van der Waals surface area contributed by atoms with Gasteiger partial charge in [0.1, 0.15) is 5.54 Å². The number of nitrogens with zero attached hydrogens (tertiary/aromatic N) is 3. The number of rotatable bonds is 8. The van der Waals surface area contributed by atoms with Crippen molar-refractivity contribution in [2.45, 2.75) is 51.1 Å². The highest BCUT2D eigenvalue weighted by Gasteiger charge is 2.43. The lowest BCUT2D eigenvalue weighted by Gasteiger charge is -2.33. The summed E-state index contributed by atoms with van der Waals surface area (Å²) in [6.07, 6.45) is 4.50. The van der Waals surface area contributed by atoms with Gasteiger partial charge in [-0.25, -0.2) is 0 Å². The van der Waals surface area contributed by atoms with Gasteiger partial charge in [0.25, 0.3) is 0 Å². The van der Waals surface area contributed by atoms with Crippen LogP contribution in [0.3, 0.4) is 0 Å². The molecular weight excluding hydrogens is 248 g/mol. The number of nitrogens with one attached hydrogen (secondary N) is 1. The van der Waals surface area contributed by atoms with E-state index in [9.17, 15) is 5.26 Å². The molecule has 0 radical (unpaired) electrons. The molecule has 1 N–H and O–H groups in total. The first-order valence-electron chi connectivity index (χ1n) is 7.92. The summed E-state index contributed by atoms with van der Waals surface area (Å²) in [7, 11) is 6.40. The van der Waals surface area contributed by atoms with Gasteiger partial charge in [0.05, 0.1) is 6.07 Å². The second kappa shape index (κ2) is 7.97. The summed E-state index contributed by atoms with van der Waals surface area (Å²) in [4.78, 5) is 4.60. The Morgan fingerprint density at radius 3 is 2.50 bits per heavy atom. The maximum atomic E-state index is 9.64. The van der Waals surface area contributed by atoms with Gasteiger partial charge < -0.3 is 9.80 Å². The molecule has 0 amide bonds. The Morgan fingerprint density at radius 2 is 1.95 bits per heavy atom. The first kappa shape index (κ1) is 17.4. The van der Waals surface area contributed by atoms with Gasteiger partial charge in [0, 0.05) is 19.1 Å². The van der Waals surface area contributed by atoms with Crippen molar-refractivity contribution in [3.8, 4) is 6.07 Å². The van der Waals surface area contributed by atoms with E-state index in [1.807, 2.05) is 0 Å². The summed E-state index contributed by atoms with van der Waals surface area (Å²) in [5.74, 6) is 0.497. The third kappa shape index (κ3) is 5.05. The Kier molecular flexibility index (Phi) is 6.94. The topological polar surface area (TPSA) is 42.3 Å². The number of hydrogen-bond acceptors (Lipinski definition) is 4. The lowest BCUT2D eigenvalue weighted by molar-refractivity contribution is 0.227. The van der Waals surface area contributed by atoms with Crippen LogP contribution in [0.1, 0.15) is 39.5 Å².